The van der Waals surface area contributed by atoms with E-state index in [-0.39, 0.29) is 5.91 Å². The Morgan fingerprint density at radius 3 is 2.23 bits per heavy atom. The van der Waals surface area contributed by atoms with E-state index in [2.05, 4.69) is 24.8 Å². The van der Waals surface area contributed by atoms with Crippen LogP contribution in [0.2, 0.25) is 5.02 Å². The summed E-state index contributed by atoms with van der Waals surface area (Å²) < 4.78 is 0. The number of halogens is 1. The van der Waals surface area contributed by atoms with Crippen LogP contribution in [0.1, 0.15) is 23.3 Å². The summed E-state index contributed by atoms with van der Waals surface area (Å²) >= 11 is 5.91. The number of pyridine rings is 1. The molecule has 4 heterocycles. The van der Waals surface area contributed by atoms with Gasteiger partial charge in [0.15, 0.2) is 0 Å². The first-order valence-corrected chi connectivity index (χ1v) is 9.31. The molecule has 0 radical (unpaired) electrons. The van der Waals surface area contributed by atoms with Gasteiger partial charge < -0.3 is 14.7 Å². The van der Waals surface area contributed by atoms with Crippen LogP contribution < -0.4 is 9.80 Å². The largest absolute Gasteiger partial charge is 0.353 e. The Kier molecular flexibility index (Phi) is 4.88. The Morgan fingerprint density at radius 2 is 1.58 bits per heavy atom. The van der Waals surface area contributed by atoms with E-state index in [0.717, 1.165) is 63.7 Å². The number of nitrogens with zero attached hydrogens (tertiary/aromatic N) is 6. The normalized spacial score (nSPS) is 17.7. The topological polar surface area (TPSA) is 65.5 Å². The Balaban J connectivity index is 1.42. The second-order valence-electron chi connectivity index (χ2n) is 6.57. The first kappa shape index (κ1) is 17.0. The molecule has 8 heteroatoms. The highest BCUT2D eigenvalue weighted by atomic mass is 35.5. The fourth-order valence-electron chi connectivity index (χ4n) is 3.41. The summed E-state index contributed by atoms with van der Waals surface area (Å²) in [6.07, 6.45) is 7.11. The third-order valence-corrected chi connectivity index (χ3v) is 5.10. The zero-order chi connectivity index (χ0) is 17.9. The number of piperazine rings is 1. The highest BCUT2D eigenvalue weighted by molar-refractivity contribution is 6.30. The van der Waals surface area contributed by atoms with Crippen LogP contribution in [-0.2, 0) is 0 Å². The van der Waals surface area contributed by atoms with Crippen LogP contribution in [0.15, 0.2) is 30.7 Å². The van der Waals surface area contributed by atoms with E-state index >= 15 is 0 Å². The van der Waals surface area contributed by atoms with E-state index < -0.39 is 0 Å². The number of hydrogen-bond acceptors (Lipinski definition) is 6. The Morgan fingerprint density at radius 1 is 0.885 bits per heavy atom. The van der Waals surface area contributed by atoms with Crippen LogP contribution in [0.3, 0.4) is 0 Å². The molecule has 2 aromatic heterocycles. The van der Waals surface area contributed by atoms with Crippen LogP contribution in [0, 0.1) is 0 Å². The lowest BCUT2D eigenvalue weighted by Gasteiger charge is -2.36. The average Bonchev–Trinajstić information content (AvgIpc) is 3.23. The second-order valence-corrected chi connectivity index (χ2v) is 7.01. The van der Waals surface area contributed by atoms with Crippen molar-refractivity contribution in [1.82, 2.24) is 19.9 Å². The number of amides is 1. The monoisotopic (exact) mass is 372 g/mol. The van der Waals surface area contributed by atoms with Crippen molar-refractivity contribution in [2.45, 2.75) is 12.8 Å². The maximum Gasteiger partial charge on any atom is 0.274 e. The van der Waals surface area contributed by atoms with Gasteiger partial charge in [-0.05, 0) is 25.0 Å². The second kappa shape index (κ2) is 7.45. The molecule has 2 fully saturated rings. The van der Waals surface area contributed by atoms with E-state index in [1.54, 1.807) is 18.6 Å². The summed E-state index contributed by atoms with van der Waals surface area (Å²) in [4.78, 5) is 32.0. The maximum atomic E-state index is 12.5. The summed E-state index contributed by atoms with van der Waals surface area (Å²) in [7, 11) is 0. The number of anilines is 2. The molecule has 0 unspecified atom stereocenters. The Labute approximate surface area is 157 Å². The smallest absolute Gasteiger partial charge is 0.274 e. The Bertz CT molecular complexity index is 770. The molecule has 0 atom stereocenters. The van der Waals surface area contributed by atoms with Gasteiger partial charge in [-0.15, -0.1) is 0 Å². The molecule has 0 bridgehead atoms. The molecule has 2 aliphatic heterocycles. The Hall–Kier alpha value is -2.41. The molecule has 2 aliphatic rings. The lowest BCUT2D eigenvalue weighted by atomic mass is 10.3. The molecule has 2 saturated heterocycles. The lowest BCUT2D eigenvalue weighted by molar-refractivity contribution is 0.0786. The quantitative estimate of drug-likeness (QED) is 0.822. The van der Waals surface area contributed by atoms with Gasteiger partial charge in [0.05, 0.1) is 17.4 Å². The van der Waals surface area contributed by atoms with Gasteiger partial charge in [-0.2, -0.15) is 0 Å². The number of carbonyl (C=O) groups excluding carboxylic acids is 1. The highest BCUT2D eigenvalue weighted by Gasteiger charge is 2.23. The molecule has 0 N–H and O–H groups in total. The first-order valence-electron chi connectivity index (χ1n) is 8.93. The molecule has 1 amide bonds. The lowest BCUT2D eigenvalue weighted by Crippen LogP contribution is -2.47. The summed E-state index contributed by atoms with van der Waals surface area (Å²) in [5.41, 5.74) is 0.436. The van der Waals surface area contributed by atoms with Crippen molar-refractivity contribution in [1.29, 1.82) is 0 Å². The maximum absolute atomic E-state index is 12.5. The van der Waals surface area contributed by atoms with Crippen LogP contribution in [0.25, 0.3) is 0 Å². The fourth-order valence-corrected chi connectivity index (χ4v) is 3.52. The van der Waals surface area contributed by atoms with Gasteiger partial charge >= 0.3 is 0 Å². The predicted octanol–water partition coefficient (Wildman–Crippen LogP) is 2.09. The molecule has 0 spiro atoms. The average molecular weight is 373 g/mol. The zero-order valence-corrected chi connectivity index (χ0v) is 15.3. The number of hydrogen-bond donors (Lipinski definition) is 0. The highest BCUT2D eigenvalue weighted by Crippen LogP contribution is 2.19. The van der Waals surface area contributed by atoms with Crippen LogP contribution in [0.4, 0.5) is 11.6 Å². The van der Waals surface area contributed by atoms with Crippen molar-refractivity contribution in [2.75, 3.05) is 49.1 Å². The molecule has 0 aliphatic carbocycles. The van der Waals surface area contributed by atoms with Gasteiger partial charge in [-0.3, -0.25) is 9.78 Å². The van der Waals surface area contributed by atoms with E-state index in [1.807, 2.05) is 17.0 Å². The van der Waals surface area contributed by atoms with Crippen molar-refractivity contribution in [3.63, 3.8) is 0 Å². The zero-order valence-electron chi connectivity index (χ0n) is 14.5. The van der Waals surface area contributed by atoms with Gasteiger partial charge in [0.25, 0.3) is 5.91 Å². The van der Waals surface area contributed by atoms with Gasteiger partial charge in [0, 0.05) is 45.5 Å². The van der Waals surface area contributed by atoms with Crippen LogP contribution >= 0.6 is 11.6 Å². The minimum atomic E-state index is -0.0131. The number of aromatic nitrogens is 3. The molecule has 0 saturated carbocycles. The standard InChI is InChI=1S/C18H21ClN6O/c19-14-3-4-16(21-11-14)23-7-9-24(10-8-23)17-13-20-12-15(22-17)18(26)25-5-1-2-6-25/h3-4,11-13H,1-2,5-10H2. The summed E-state index contributed by atoms with van der Waals surface area (Å²) in [5, 5.41) is 0.641. The molecular weight excluding hydrogens is 352 g/mol. The third-order valence-electron chi connectivity index (χ3n) is 4.87. The molecule has 7 nitrogen and oxygen atoms in total. The predicted molar refractivity (Wildman–Crippen MR) is 101 cm³/mol. The van der Waals surface area contributed by atoms with Crippen LogP contribution in [-0.4, -0.2) is 65.0 Å². The summed E-state index contributed by atoms with van der Waals surface area (Å²) in [6, 6.07) is 3.79. The van der Waals surface area contributed by atoms with Gasteiger partial charge in [0.1, 0.15) is 17.3 Å². The number of carbonyl (C=O) groups is 1. The van der Waals surface area contributed by atoms with E-state index in [1.165, 1.54) is 0 Å². The fraction of sp³-hybridized carbons (Fsp3) is 0.444. The molecule has 4 rings (SSSR count). The van der Waals surface area contributed by atoms with Gasteiger partial charge in [0.2, 0.25) is 0 Å². The van der Waals surface area contributed by atoms with E-state index in [0.29, 0.717) is 10.7 Å². The minimum Gasteiger partial charge on any atom is -0.353 e. The SMILES string of the molecule is O=C(c1cncc(N2CCN(c3ccc(Cl)cn3)CC2)n1)N1CCCC1. The van der Waals surface area contributed by atoms with Crippen LogP contribution in [0.5, 0.6) is 0 Å². The molecular formula is C18H21ClN6O. The van der Waals surface area contributed by atoms with Crippen molar-refractivity contribution in [3.05, 3.63) is 41.4 Å². The number of likely N-dealkylation sites (tertiary alicyclic amines) is 1. The summed E-state index contributed by atoms with van der Waals surface area (Å²) in [6.45, 7) is 4.91. The van der Waals surface area contributed by atoms with Gasteiger partial charge in [-0.25, -0.2) is 9.97 Å². The first-order chi connectivity index (χ1) is 12.7. The van der Waals surface area contributed by atoms with Crippen molar-refractivity contribution >= 4 is 29.1 Å². The van der Waals surface area contributed by atoms with E-state index in [4.69, 9.17) is 11.6 Å². The van der Waals surface area contributed by atoms with E-state index in [9.17, 15) is 4.79 Å². The molecule has 26 heavy (non-hydrogen) atoms. The molecule has 2 aromatic rings. The van der Waals surface area contributed by atoms with Crippen molar-refractivity contribution in [2.24, 2.45) is 0 Å². The summed E-state index contributed by atoms with van der Waals surface area (Å²) in [5.74, 6) is 1.68. The third kappa shape index (κ3) is 3.58. The minimum absolute atomic E-state index is 0.0131. The molecule has 136 valence electrons. The van der Waals surface area contributed by atoms with Crippen molar-refractivity contribution < 1.29 is 4.79 Å². The number of rotatable bonds is 3. The van der Waals surface area contributed by atoms with Crippen molar-refractivity contribution in [3.8, 4) is 0 Å². The molecule has 0 aromatic carbocycles. The van der Waals surface area contributed by atoms with Gasteiger partial charge in [-0.1, -0.05) is 11.6 Å².